The summed E-state index contributed by atoms with van der Waals surface area (Å²) < 4.78 is 10.8. The lowest BCUT2D eigenvalue weighted by Crippen LogP contribution is -2.52. The van der Waals surface area contributed by atoms with Crippen LogP contribution in [0.25, 0.3) is 0 Å². The first-order valence-corrected chi connectivity index (χ1v) is 7.35. The Morgan fingerprint density at radius 1 is 1.22 bits per heavy atom. The van der Waals surface area contributed by atoms with Crippen molar-refractivity contribution >= 4 is 0 Å². The summed E-state index contributed by atoms with van der Waals surface area (Å²) in [5, 5.41) is 0. The number of rotatable bonds is 5. The normalized spacial score (nSPS) is 33.0. The van der Waals surface area contributed by atoms with E-state index in [2.05, 4.69) is 25.7 Å². The van der Waals surface area contributed by atoms with E-state index in [0.717, 1.165) is 13.2 Å². The minimum absolute atomic E-state index is 0.380. The first kappa shape index (κ1) is 14.3. The fourth-order valence-electron chi connectivity index (χ4n) is 3.98. The Bertz CT molecular complexity index is 274. The molecule has 0 radical (unpaired) electrons. The second-order valence-electron chi connectivity index (χ2n) is 6.84. The number of fused-ring (bicyclic) bond motifs is 1. The molecule has 2 aliphatic heterocycles. The van der Waals surface area contributed by atoms with Gasteiger partial charge in [0.15, 0.2) is 0 Å². The molecular weight excluding hydrogens is 226 g/mol. The molecule has 0 aliphatic carbocycles. The first-order valence-electron chi connectivity index (χ1n) is 7.35. The topological polar surface area (TPSA) is 21.7 Å². The van der Waals surface area contributed by atoms with Crippen LogP contribution in [-0.4, -0.2) is 50.0 Å². The van der Waals surface area contributed by atoms with Gasteiger partial charge in [0.25, 0.3) is 0 Å². The molecule has 0 N–H and O–H groups in total. The van der Waals surface area contributed by atoms with Crippen molar-refractivity contribution in [2.24, 2.45) is 5.41 Å². The minimum atomic E-state index is 0.380. The number of methoxy groups -OCH3 is 1. The first-order chi connectivity index (χ1) is 8.51. The maximum atomic E-state index is 5.76. The lowest BCUT2D eigenvalue weighted by Gasteiger charge is -2.45. The van der Waals surface area contributed by atoms with Crippen molar-refractivity contribution in [3.63, 3.8) is 0 Å². The number of hydrogen-bond acceptors (Lipinski definition) is 3. The summed E-state index contributed by atoms with van der Waals surface area (Å²) >= 11 is 0. The summed E-state index contributed by atoms with van der Waals surface area (Å²) in [5.74, 6) is 0. The van der Waals surface area contributed by atoms with Gasteiger partial charge in [0.2, 0.25) is 0 Å². The van der Waals surface area contributed by atoms with Crippen LogP contribution in [0, 0.1) is 5.41 Å². The molecule has 3 heteroatoms. The largest absolute Gasteiger partial charge is 0.382 e. The van der Waals surface area contributed by atoms with Gasteiger partial charge in [0.1, 0.15) is 0 Å². The van der Waals surface area contributed by atoms with E-state index < -0.39 is 0 Å². The highest BCUT2D eigenvalue weighted by Crippen LogP contribution is 2.52. The Morgan fingerprint density at radius 3 is 2.67 bits per heavy atom. The standard InChI is InChI=1S/C15H29NO2/c1-14(2,3)15-7-5-9-16(15)13(6-8-15)12-18-11-10-17-4/h13H,5-12H2,1-4H3. The molecule has 0 aromatic heterocycles. The summed E-state index contributed by atoms with van der Waals surface area (Å²) in [4.78, 5) is 2.75. The van der Waals surface area contributed by atoms with E-state index >= 15 is 0 Å². The number of nitrogens with zero attached hydrogens (tertiary/aromatic N) is 1. The molecule has 0 spiro atoms. The van der Waals surface area contributed by atoms with Crippen molar-refractivity contribution in [3.8, 4) is 0 Å². The second-order valence-corrected chi connectivity index (χ2v) is 6.84. The van der Waals surface area contributed by atoms with Crippen LogP contribution in [0.2, 0.25) is 0 Å². The smallest absolute Gasteiger partial charge is 0.0701 e. The van der Waals surface area contributed by atoms with Crippen LogP contribution in [0.4, 0.5) is 0 Å². The molecule has 2 heterocycles. The van der Waals surface area contributed by atoms with Crippen molar-refractivity contribution in [1.29, 1.82) is 0 Å². The second kappa shape index (κ2) is 5.48. The third-order valence-electron chi connectivity index (χ3n) is 5.01. The lowest BCUT2D eigenvalue weighted by molar-refractivity contribution is 0.0000977. The van der Waals surface area contributed by atoms with Crippen molar-refractivity contribution < 1.29 is 9.47 Å². The fraction of sp³-hybridized carbons (Fsp3) is 1.00. The van der Waals surface area contributed by atoms with Crippen molar-refractivity contribution in [2.75, 3.05) is 33.5 Å². The third-order valence-corrected chi connectivity index (χ3v) is 5.01. The Labute approximate surface area is 112 Å². The van der Waals surface area contributed by atoms with E-state index in [1.165, 1.54) is 32.2 Å². The Hall–Kier alpha value is -0.120. The minimum Gasteiger partial charge on any atom is -0.382 e. The maximum absolute atomic E-state index is 5.76. The summed E-state index contributed by atoms with van der Waals surface area (Å²) in [6.07, 6.45) is 5.36. The molecule has 2 fully saturated rings. The van der Waals surface area contributed by atoms with E-state index in [1.807, 2.05) is 0 Å². The van der Waals surface area contributed by atoms with Crippen LogP contribution in [0.3, 0.4) is 0 Å². The quantitative estimate of drug-likeness (QED) is 0.705. The predicted molar refractivity (Wildman–Crippen MR) is 73.8 cm³/mol. The van der Waals surface area contributed by atoms with Crippen LogP contribution in [0.1, 0.15) is 46.5 Å². The molecule has 0 saturated carbocycles. The van der Waals surface area contributed by atoms with Crippen molar-refractivity contribution in [3.05, 3.63) is 0 Å². The van der Waals surface area contributed by atoms with Crippen LogP contribution in [0.5, 0.6) is 0 Å². The average Bonchev–Trinajstić information content (AvgIpc) is 2.84. The van der Waals surface area contributed by atoms with Gasteiger partial charge in [-0.3, -0.25) is 4.90 Å². The maximum Gasteiger partial charge on any atom is 0.0701 e. The van der Waals surface area contributed by atoms with Gasteiger partial charge in [0.05, 0.1) is 19.8 Å². The van der Waals surface area contributed by atoms with Gasteiger partial charge in [-0.25, -0.2) is 0 Å². The molecule has 2 unspecified atom stereocenters. The molecule has 2 atom stereocenters. The van der Waals surface area contributed by atoms with E-state index in [4.69, 9.17) is 9.47 Å². The zero-order valence-corrected chi connectivity index (χ0v) is 12.5. The van der Waals surface area contributed by atoms with Crippen molar-refractivity contribution in [1.82, 2.24) is 4.90 Å². The number of hydrogen-bond donors (Lipinski definition) is 0. The molecule has 2 aliphatic rings. The highest BCUT2D eigenvalue weighted by Gasteiger charge is 2.54. The third kappa shape index (κ3) is 2.45. The molecular formula is C15H29NO2. The van der Waals surface area contributed by atoms with E-state index in [1.54, 1.807) is 7.11 Å². The Morgan fingerprint density at radius 2 is 2.00 bits per heavy atom. The van der Waals surface area contributed by atoms with Gasteiger partial charge in [-0.1, -0.05) is 20.8 Å². The van der Waals surface area contributed by atoms with Crippen LogP contribution in [-0.2, 0) is 9.47 Å². The molecule has 3 nitrogen and oxygen atoms in total. The Balaban J connectivity index is 1.93. The van der Waals surface area contributed by atoms with Crippen LogP contribution < -0.4 is 0 Å². The Kier molecular flexibility index (Phi) is 4.35. The van der Waals surface area contributed by atoms with E-state index in [9.17, 15) is 0 Å². The summed E-state index contributed by atoms with van der Waals surface area (Å²) in [5.41, 5.74) is 0.813. The SMILES string of the molecule is COCCOCC1CCC2(C(C)(C)C)CCCN12. The van der Waals surface area contributed by atoms with Crippen LogP contribution in [0.15, 0.2) is 0 Å². The fourth-order valence-corrected chi connectivity index (χ4v) is 3.98. The van der Waals surface area contributed by atoms with Crippen molar-refractivity contribution in [2.45, 2.75) is 58.0 Å². The molecule has 2 rings (SSSR count). The summed E-state index contributed by atoms with van der Waals surface area (Å²) in [6, 6.07) is 0.628. The zero-order chi connectivity index (χ0) is 13.2. The molecule has 0 amide bonds. The summed E-state index contributed by atoms with van der Waals surface area (Å²) in [6.45, 7) is 10.8. The average molecular weight is 255 g/mol. The van der Waals surface area contributed by atoms with Gasteiger partial charge in [-0.2, -0.15) is 0 Å². The monoisotopic (exact) mass is 255 g/mol. The highest BCUT2D eigenvalue weighted by molar-refractivity contribution is 5.10. The van der Waals surface area contributed by atoms with Gasteiger partial charge >= 0.3 is 0 Å². The molecule has 106 valence electrons. The van der Waals surface area contributed by atoms with Gasteiger partial charge < -0.3 is 9.47 Å². The molecule has 0 aromatic carbocycles. The number of ether oxygens (including phenoxy) is 2. The van der Waals surface area contributed by atoms with Gasteiger partial charge in [-0.05, 0) is 37.6 Å². The predicted octanol–water partition coefficient (Wildman–Crippen LogP) is 2.69. The van der Waals surface area contributed by atoms with Gasteiger partial charge in [-0.15, -0.1) is 0 Å². The molecule has 0 bridgehead atoms. The van der Waals surface area contributed by atoms with E-state index in [-0.39, 0.29) is 0 Å². The van der Waals surface area contributed by atoms with E-state index in [0.29, 0.717) is 23.6 Å². The van der Waals surface area contributed by atoms with Gasteiger partial charge in [0, 0.05) is 18.7 Å². The zero-order valence-electron chi connectivity index (χ0n) is 12.5. The highest BCUT2D eigenvalue weighted by atomic mass is 16.5. The molecule has 0 aromatic rings. The molecule has 18 heavy (non-hydrogen) atoms. The lowest BCUT2D eigenvalue weighted by atomic mass is 9.71. The van der Waals surface area contributed by atoms with Crippen LogP contribution >= 0.6 is 0 Å². The molecule has 2 saturated heterocycles. The summed E-state index contributed by atoms with van der Waals surface area (Å²) in [7, 11) is 1.73.